The molecule has 3 nitrogen and oxygen atoms in total. The Labute approximate surface area is 110 Å². The number of phenolic OH excluding ortho intramolecular Hbond substituents is 1. The Morgan fingerprint density at radius 3 is 2.67 bits per heavy atom. The minimum atomic E-state index is 0.207. The van der Waals surface area contributed by atoms with Crippen LogP contribution in [0.5, 0.6) is 5.75 Å². The van der Waals surface area contributed by atoms with Crippen LogP contribution in [0.25, 0.3) is 0 Å². The predicted octanol–water partition coefficient (Wildman–Crippen LogP) is 2.45. The first kappa shape index (κ1) is 13.4. The van der Waals surface area contributed by atoms with Gasteiger partial charge in [-0.15, -0.1) is 0 Å². The molecule has 1 aliphatic heterocycles. The summed E-state index contributed by atoms with van der Waals surface area (Å²) in [6.07, 6.45) is 2.38. The van der Waals surface area contributed by atoms with Crippen molar-refractivity contribution in [3.63, 3.8) is 0 Å². The molecule has 0 bridgehead atoms. The second kappa shape index (κ2) is 5.72. The Hall–Kier alpha value is -1.06. The van der Waals surface area contributed by atoms with Crippen LogP contribution in [0.1, 0.15) is 36.9 Å². The van der Waals surface area contributed by atoms with Crippen LogP contribution in [0.4, 0.5) is 0 Å². The Bertz CT molecular complexity index is 397. The third-order valence-corrected chi connectivity index (χ3v) is 3.85. The first-order valence-electron chi connectivity index (χ1n) is 6.80. The third kappa shape index (κ3) is 3.24. The van der Waals surface area contributed by atoms with Gasteiger partial charge in [-0.25, -0.2) is 0 Å². The summed E-state index contributed by atoms with van der Waals surface area (Å²) in [6.45, 7) is 6.51. The highest BCUT2D eigenvalue weighted by Crippen LogP contribution is 2.26. The van der Waals surface area contributed by atoms with E-state index < -0.39 is 0 Å². The fraction of sp³-hybridized carbons (Fsp3) is 0.600. The summed E-state index contributed by atoms with van der Waals surface area (Å²) < 4.78 is 0. The standard InChI is InChI=1S/C15H24N2O/c1-11-4-5-15(18)14(10-11)12(2)16-13-6-8-17(3)9-7-13/h4-5,10,12-13,16,18H,6-9H2,1-3H3. The number of aromatic hydroxyl groups is 1. The molecule has 100 valence electrons. The van der Waals surface area contributed by atoms with Gasteiger partial charge in [-0.1, -0.05) is 17.7 Å². The van der Waals surface area contributed by atoms with Crippen LogP contribution < -0.4 is 5.32 Å². The molecule has 0 amide bonds. The fourth-order valence-electron chi connectivity index (χ4n) is 2.64. The number of phenols is 1. The lowest BCUT2D eigenvalue weighted by atomic mass is 10.0. The number of hydrogen-bond donors (Lipinski definition) is 2. The molecule has 1 atom stereocenters. The van der Waals surface area contributed by atoms with E-state index in [1.165, 1.54) is 18.4 Å². The van der Waals surface area contributed by atoms with Gasteiger partial charge < -0.3 is 15.3 Å². The van der Waals surface area contributed by atoms with Crippen molar-refractivity contribution in [1.29, 1.82) is 0 Å². The van der Waals surface area contributed by atoms with Gasteiger partial charge in [0.25, 0.3) is 0 Å². The molecule has 2 rings (SSSR count). The van der Waals surface area contributed by atoms with E-state index in [-0.39, 0.29) is 6.04 Å². The molecule has 1 saturated heterocycles. The minimum absolute atomic E-state index is 0.207. The summed E-state index contributed by atoms with van der Waals surface area (Å²) in [7, 11) is 2.17. The van der Waals surface area contributed by atoms with Crippen LogP contribution in [0.2, 0.25) is 0 Å². The lowest BCUT2D eigenvalue weighted by Gasteiger charge is -2.32. The number of piperidine rings is 1. The fourth-order valence-corrected chi connectivity index (χ4v) is 2.64. The number of hydrogen-bond acceptors (Lipinski definition) is 3. The molecule has 3 heteroatoms. The highest BCUT2D eigenvalue weighted by atomic mass is 16.3. The van der Waals surface area contributed by atoms with Crippen LogP contribution in [-0.4, -0.2) is 36.2 Å². The number of aryl methyl sites for hydroxylation is 1. The van der Waals surface area contributed by atoms with Crippen molar-refractivity contribution in [1.82, 2.24) is 10.2 Å². The second-order valence-corrected chi connectivity index (χ2v) is 5.53. The summed E-state index contributed by atoms with van der Waals surface area (Å²) in [5.41, 5.74) is 2.20. The van der Waals surface area contributed by atoms with Gasteiger partial charge in [-0.3, -0.25) is 0 Å². The highest BCUT2D eigenvalue weighted by molar-refractivity contribution is 5.37. The molecule has 1 aromatic carbocycles. The van der Waals surface area contributed by atoms with Gasteiger partial charge in [-0.05, 0) is 52.9 Å². The van der Waals surface area contributed by atoms with Crippen molar-refractivity contribution < 1.29 is 5.11 Å². The van der Waals surface area contributed by atoms with E-state index in [0.717, 1.165) is 18.7 Å². The number of likely N-dealkylation sites (tertiary alicyclic amines) is 1. The topological polar surface area (TPSA) is 35.5 Å². The van der Waals surface area contributed by atoms with Gasteiger partial charge in [0.15, 0.2) is 0 Å². The van der Waals surface area contributed by atoms with E-state index in [4.69, 9.17) is 0 Å². The third-order valence-electron chi connectivity index (χ3n) is 3.85. The first-order valence-corrected chi connectivity index (χ1v) is 6.80. The van der Waals surface area contributed by atoms with Gasteiger partial charge >= 0.3 is 0 Å². The Morgan fingerprint density at radius 1 is 1.33 bits per heavy atom. The van der Waals surface area contributed by atoms with Crippen molar-refractivity contribution in [3.8, 4) is 5.75 Å². The summed E-state index contributed by atoms with van der Waals surface area (Å²) >= 11 is 0. The summed E-state index contributed by atoms with van der Waals surface area (Å²) in [4.78, 5) is 2.37. The van der Waals surface area contributed by atoms with Crippen LogP contribution in [-0.2, 0) is 0 Å². The predicted molar refractivity (Wildman–Crippen MR) is 74.9 cm³/mol. The lowest BCUT2D eigenvalue weighted by molar-refractivity contribution is 0.226. The van der Waals surface area contributed by atoms with Crippen molar-refractivity contribution >= 4 is 0 Å². The first-order chi connectivity index (χ1) is 8.56. The summed E-state index contributed by atoms with van der Waals surface area (Å²) in [5.74, 6) is 0.397. The molecule has 0 aliphatic carbocycles. The maximum Gasteiger partial charge on any atom is 0.120 e. The molecule has 2 N–H and O–H groups in total. The molecular weight excluding hydrogens is 224 g/mol. The monoisotopic (exact) mass is 248 g/mol. The average molecular weight is 248 g/mol. The summed E-state index contributed by atoms with van der Waals surface area (Å²) in [6, 6.07) is 6.58. The van der Waals surface area contributed by atoms with Crippen molar-refractivity contribution in [2.75, 3.05) is 20.1 Å². The lowest BCUT2D eigenvalue weighted by Crippen LogP contribution is -2.41. The number of rotatable bonds is 3. The number of nitrogens with one attached hydrogen (secondary N) is 1. The summed E-state index contributed by atoms with van der Waals surface area (Å²) in [5, 5.41) is 13.6. The quantitative estimate of drug-likeness (QED) is 0.862. The molecule has 1 fully saturated rings. The van der Waals surface area contributed by atoms with E-state index in [2.05, 4.69) is 37.2 Å². The maximum atomic E-state index is 9.93. The van der Waals surface area contributed by atoms with Crippen molar-refractivity contribution in [2.24, 2.45) is 0 Å². The zero-order valence-corrected chi connectivity index (χ0v) is 11.6. The van der Waals surface area contributed by atoms with Gasteiger partial charge in [-0.2, -0.15) is 0 Å². The normalized spacial score (nSPS) is 19.9. The van der Waals surface area contributed by atoms with E-state index in [1.54, 1.807) is 6.07 Å². The van der Waals surface area contributed by atoms with E-state index in [0.29, 0.717) is 11.8 Å². The zero-order valence-electron chi connectivity index (χ0n) is 11.6. The Balaban J connectivity index is 1.98. The molecule has 0 aromatic heterocycles. The van der Waals surface area contributed by atoms with E-state index in [1.807, 2.05) is 6.07 Å². The van der Waals surface area contributed by atoms with Crippen molar-refractivity contribution in [3.05, 3.63) is 29.3 Å². The highest BCUT2D eigenvalue weighted by Gasteiger charge is 2.19. The number of nitrogens with zero attached hydrogens (tertiary/aromatic N) is 1. The molecule has 1 heterocycles. The van der Waals surface area contributed by atoms with Crippen LogP contribution in [0, 0.1) is 6.92 Å². The van der Waals surface area contributed by atoms with Gasteiger partial charge in [0, 0.05) is 17.6 Å². The molecule has 0 saturated carbocycles. The zero-order chi connectivity index (χ0) is 13.1. The average Bonchev–Trinajstić information content (AvgIpc) is 2.35. The van der Waals surface area contributed by atoms with Gasteiger partial charge in [0.2, 0.25) is 0 Å². The molecular formula is C15H24N2O. The van der Waals surface area contributed by atoms with Crippen LogP contribution >= 0.6 is 0 Å². The molecule has 1 aliphatic rings. The second-order valence-electron chi connectivity index (χ2n) is 5.53. The van der Waals surface area contributed by atoms with E-state index >= 15 is 0 Å². The van der Waals surface area contributed by atoms with Crippen LogP contribution in [0.15, 0.2) is 18.2 Å². The Morgan fingerprint density at radius 2 is 2.00 bits per heavy atom. The molecule has 1 unspecified atom stereocenters. The van der Waals surface area contributed by atoms with Crippen molar-refractivity contribution in [2.45, 2.75) is 38.8 Å². The molecule has 18 heavy (non-hydrogen) atoms. The molecule has 0 radical (unpaired) electrons. The maximum absolute atomic E-state index is 9.93. The molecule has 0 spiro atoms. The SMILES string of the molecule is Cc1ccc(O)c(C(C)NC2CCN(C)CC2)c1. The number of benzene rings is 1. The smallest absolute Gasteiger partial charge is 0.120 e. The van der Waals surface area contributed by atoms with Crippen LogP contribution in [0.3, 0.4) is 0 Å². The van der Waals surface area contributed by atoms with Gasteiger partial charge in [0.1, 0.15) is 5.75 Å². The largest absolute Gasteiger partial charge is 0.508 e. The van der Waals surface area contributed by atoms with Gasteiger partial charge in [0.05, 0.1) is 0 Å². The minimum Gasteiger partial charge on any atom is -0.508 e. The molecule has 1 aromatic rings. The van der Waals surface area contributed by atoms with E-state index in [9.17, 15) is 5.11 Å². The Kier molecular flexibility index (Phi) is 4.25.